The zero-order valence-corrected chi connectivity index (χ0v) is 10.8. The van der Waals surface area contributed by atoms with Crippen molar-refractivity contribution in [3.8, 4) is 0 Å². The highest BCUT2D eigenvalue weighted by atomic mass is 32.2. The molecule has 0 fully saturated rings. The van der Waals surface area contributed by atoms with E-state index in [0.29, 0.717) is 0 Å². The van der Waals surface area contributed by atoms with E-state index in [0.717, 1.165) is 18.1 Å². The Morgan fingerprint density at radius 1 is 0.824 bits per heavy atom. The van der Waals surface area contributed by atoms with Gasteiger partial charge in [0.25, 0.3) is 0 Å². The van der Waals surface area contributed by atoms with Crippen LogP contribution in [0.1, 0.15) is 0 Å². The zero-order chi connectivity index (χ0) is 12.2. The second-order valence-corrected chi connectivity index (χ2v) is 4.59. The molecular weight excluding hydrogens is 226 g/mol. The summed E-state index contributed by atoms with van der Waals surface area (Å²) in [5, 5.41) is 0. The second kappa shape index (κ2) is 9.94. The van der Waals surface area contributed by atoms with E-state index in [1.165, 1.54) is 5.57 Å². The molecule has 1 aliphatic rings. The third kappa shape index (κ3) is 7.61. The highest BCUT2D eigenvalue weighted by Crippen LogP contribution is 2.09. The number of nitrogens with two attached hydrogens (primary N) is 1. The molecule has 0 heterocycles. The lowest BCUT2D eigenvalue weighted by atomic mass is 10.2. The van der Waals surface area contributed by atoms with Gasteiger partial charge in [0.2, 0.25) is 0 Å². The molecule has 0 aliphatic heterocycles. The third-order valence-electron chi connectivity index (χ3n) is 2.04. The molecule has 0 amide bonds. The second-order valence-electron chi connectivity index (χ2n) is 3.48. The van der Waals surface area contributed by atoms with Crippen LogP contribution in [0.2, 0.25) is 0 Å². The van der Waals surface area contributed by atoms with E-state index < -0.39 is 0 Å². The molecule has 90 valence electrons. The van der Waals surface area contributed by atoms with Crippen LogP contribution in [0.5, 0.6) is 0 Å². The molecule has 0 aromatic heterocycles. The predicted molar refractivity (Wildman–Crippen MR) is 80.2 cm³/mol. The van der Waals surface area contributed by atoms with Gasteiger partial charge in [0.05, 0.1) is 0 Å². The Labute approximate surface area is 108 Å². The Morgan fingerprint density at radius 2 is 1.41 bits per heavy atom. The van der Waals surface area contributed by atoms with Gasteiger partial charge in [-0.3, -0.25) is 0 Å². The summed E-state index contributed by atoms with van der Waals surface area (Å²) in [5.74, 6) is 2.01. The van der Waals surface area contributed by atoms with Gasteiger partial charge in [-0.05, 0) is 5.57 Å². The molecule has 17 heavy (non-hydrogen) atoms. The first-order valence-corrected chi connectivity index (χ1v) is 6.90. The van der Waals surface area contributed by atoms with Crippen molar-refractivity contribution in [3.05, 3.63) is 72.4 Å². The minimum Gasteiger partial charge on any atom is -0.330 e. The molecule has 0 saturated carbocycles. The summed E-state index contributed by atoms with van der Waals surface area (Å²) in [4.78, 5) is 0. The minimum atomic E-state index is 0.741. The highest BCUT2D eigenvalue weighted by Gasteiger charge is 1.91. The molecule has 1 rings (SSSR count). The average Bonchev–Trinajstić information content (AvgIpc) is 2.32. The Bertz CT molecular complexity index is 370. The van der Waals surface area contributed by atoms with Crippen molar-refractivity contribution in [3.63, 3.8) is 0 Å². The molecule has 0 aromatic rings. The molecule has 0 radical (unpaired) electrons. The number of allylic oxidation sites excluding steroid dienone is 11. The van der Waals surface area contributed by atoms with E-state index in [1.807, 2.05) is 54.3 Å². The molecule has 0 aromatic carbocycles. The van der Waals surface area contributed by atoms with Crippen molar-refractivity contribution in [2.24, 2.45) is 5.73 Å². The van der Waals surface area contributed by atoms with E-state index in [-0.39, 0.29) is 0 Å². The molecule has 0 unspecified atom stereocenters. The molecular formula is C15H19NS. The summed E-state index contributed by atoms with van der Waals surface area (Å²) in [6, 6.07) is 0. The molecule has 0 atom stereocenters. The quantitative estimate of drug-likeness (QED) is 0.768. The van der Waals surface area contributed by atoms with Crippen molar-refractivity contribution >= 4 is 11.8 Å². The number of rotatable bonds is 4. The normalized spacial score (nSPS) is 23.0. The largest absolute Gasteiger partial charge is 0.330 e. The fourth-order valence-corrected chi connectivity index (χ4v) is 1.97. The molecule has 0 spiro atoms. The van der Waals surface area contributed by atoms with Crippen LogP contribution >= 0.6 is 11.8 Å². The van der Waals surface area contributed by atoms with Crippen molar-refractivity contribution in [2.75, 3.05) is 18.1 Å². The number of hydrogen-bond donors (Lipinski definition) is 1. The van der Waals surface area contributed by atoms with Crippen LogP contribution < -0.4 is 5.73 Å². The standard InChI is InChI=1S/C15H19NS/c16-12-13-17-14-15-10-8-6-4-2-1-3-5-7-9-11-15/h1-11H,12-14,16H2/b2-1-,3-1?,4-2?,5-3-,6-4-,7-5?,8-6?,9-7-,10-8?,11-9?,15-10?,15-11?. The van der Waals surface area contributed by atoms with Crippen molar-refractivity contribution in [2.45, 2.75) is 0 Å². The summed E-state index contributed by atoms with van der Waals surface area (Å²) < 4.78 is 0. The van der Waals surface area contributed by atoms with E-state index in [2.05, 4.69) is 24.3 Å². The maximum absolute atomic E-state index is 5.48. The Hall–Kier alpha value is -1.25. The van der Waals surface area contributed by atoms with Gasteiger partial charge in [0, 0.05) is 18.1 Å². The number of hydrogen-bond acceptors (Lipinski definition) is 2. The first kappa shape index (κ1) is 13.8. The third-order valence-corrected chi connectivity index (χ3v) is 3.10. The Balaban J connectivity index is 2.64. The average molecular weight is 245 g/mol. The lowest BCUT2D eigenvalue weighted by Crippen LogP contribution is -2.02. The van der Waals surface area contributed by atoms with E-state index >= 15 is 0 Å². The maximum atomic E-state index is 5.48. The SMILES string of the molecule is NCCSCC1=C\C=C/C=C\C=C/C=C\C=C1. The topological polar surface area (TPSA) is 26.0 Å². The van der Waals surface area contributed by atoms with Gasteiger partial charge in [-0.2, -0.15) is 11.8 Å². The summed E-state index contributed by atoms with van der Waals surface area (Å²) in [6.45, 7) is 0.741. The van der Waals surface area contributed by atoms with Crippen LogP contribution in [0.15, 0.2) is 72.4 Å². The Morgan fingerprint density at radius 3 is 2.06 bits per heavy atom. The zero-order valence-electron chi connectivity index (χ0n) is 9.96. The molecule has 0 saturated heterocycles. The summed E-state index contributed by atoms with van der Waals surface area (Å²) in [6.07, 6.45) is 22.6. The van der Waals surface area contributed by atoms with Gasteiger partial charge in [-0.25, -0.2) is 0 Å². The lowest BCUT2D eigenvalue weighted by molar-refractivity contribution is 1.15. The van der Waals surface area contributed by atoms with Gasteiger partial charge >= 0.3 is 0 Å². The van der Waals surface area contributed by atoms with Crippen LogP contribution in [0.25, 0.3) is 0 Å². The molecule has 2 N–H and O–H groups in total. The highest BCUT2D eigenvalue weighted by molar-refractivity contribution is 7.99. The van der Waals surface area contributed by atoms with Gasteiger partial charge in [-0.15, -0.1) is 0 Å². The smallest absolute Gasteiger partial charge is 0.0185 e. The van der Waals surface area contributed by atoms with Gasteiger partial charge in [-0.1, -0.05) is 66.8 Å². The van der Waals surface area contributed by atoms with Gasteiger partial charge in [0.1, 0.15) is 0 Å². The van der Waals surface area contributed by atoms with Crippen LogP contribution in [0.3, 0.4) is 0 Å². The van der Waals surface area contributed by atoms with E-state index in [9.17, 15) is 0 Å². The van der Waals surface area contributed by atoms with Crippen LogP contribution in [-0.2, 0) is 0 Å². The number of thioether (sulfide) groups is 1. The van der Waals surface area contributed by atoms with Crippen LogP contribution in [0.4, 0.5) is 0 Å². The van der Waals surface area contributed by atoms with E-state index in [1.54, 1.807) is 0 Å². The predicted octanol–water partition coefficient (Wildman–Crippen LogP) is 3.40. The van der Waals surface area contributed by atoms with Crippen molar-refractivity contribution in [1.29, 1.82) is 0 Å². The summed E-state index contributed by atoms with van der Waals surface area (Å²) >= 11 is 1.86. The molecule has 1 nitrogen and oxygen atoms in total. The minimum absolute atomic E-state index is 0.741. The molecule has 1 aliphatic carbocycles. The fraction of sp³-hybridized carbons (Fsp3) is 0.200. The first-order valence-electron chi connectivity index (χ1n) is 5.75. The van der Waals surface area contributed by atoms with Crippen LogP contribution in [0, 0.1) is 0 Å². The van der Waals surface area contributed by atoms with Crippen molar-refractivity contribution in [1.82, 2.24) is 0 Å². The van der Waals surface area contributed by atoms with Crippen molar-refractivity contribution < 1.29 is 0 Å². The fourth-order valence-electron chi connectivity index (χ4n) is 1.23. The lowest BCUT2D eigenvalue weighted by Gasteiger charge is -2.00. The monoisotopic (exact) mass is 245 g/mol. The van der Waals surface area contributed by atoms with Crippen LogP contribution in [-0.4, -0.2) is 18.1 Å². The first-order chi connectivity index (χ1) is 8.43. The van der Waals surface area contributed by atoms with Gasteiger partial charge < -0.3 is 5.73 Å². The summed E-state index contributed by atoms with van der Waals surface area (Å²) in [5.41, 5.74) is 6.79. The Kier molecular flexibility index (Phi) is 8.08. The molecule has 2 heteroatoms. The molecule has 0 bridgehead atoms. The summed E-state index contributed by atoms with van der Waals surface area (Å²) in [7, 11) is 0. The van der Waals surface area contributed by atoms with Gasteiger partial charge in [0.15, 0.2) is 0 Å². The van der Waals surface area contributed by atoms with E-state index in [4.69, 9.17) is 5.73 Å². The maximum Gasteiger partial charge on any atom is 0.0185 e.